The SMILES string of the molecule is CNCCCOc1ccc2c(c1)-c1cc(OCCCNC)ccc1S2(=O)=O. The largest absolute Gasteiger partial charge is 0.494 e. The number of rotatable bonds is 10. The minimum atomic E-state index is -3.49. The third-order valence-electron chi connectivity index (χ3n) is 4.45. The first kappa shape index (κ1) is 19.7. The highest BCUT2D eigenvalue weighted by Gasteiger charge is 2.33. The molecular weight excluding hydrogens is 364 g/mol. The van der Waals surface area contributed by atoms with E-state index in [-0.39, 0.29) is 0 Å². The zero-order valence-corrected chi connectivity index (χ0v) is 16.6. The van der Waals surface area contributed by atoms with Gasteiger partial charge in [0.2, 0.25) is 9.84 Å². The molecule has 2 N–H and O–H groups in total. The van der Waals surface area contributed by atoms with Gasteiger partial charge in [-0.1, -0.05) is 0 Å². The van der Waals surface area contributed by atoms with E-state index in [1.165, 1.54) is 0 Å². The third-order valence-corrected chi connectivity index (χ3v) is 6.32. The van der Waals surface area contributed by atoms with Crippen molar-refractivity contribution >= 4 is 9.84 Å². The second-order valence-electron chi connectivity index (χ2n) is 6.43. The Morgan fingerprint density at radius 2 is 1.22 bits per heavy atom. The summed E-state index contributed by atoms with van der Waals surface area (Å²) in [6, 6.07) is 10.3. The van der Waals surface area contributed by atoms with Crippen LogP contribution in [-0.2, 0) is 9.84 Å². The summed E-state index contributed by atoms with van der Waals surface area (Å²) in [5.41, 5.74) is 1.36. The smallest absolute Gasteiger partial charge is 0.207 e. The van der Waals surface area contributed by atoms with Crippen molar-refractivity contribution in [1.29, 1.82) is 0 Å². The topological polar surface area (TPSA) is 76.7 Å². The van der Waals surface area contributed by atoms with E-state index in [0.717, 1.165) is 25.9 Å². The maximum Gasteiger partial charge on any atom is 0.207 e. The lowest BCUT2D eigenvalue weighted by Gasteiger charge is -2.09. The van der Waals surface area contributed by atoms with Gasteiger partial charge in [-0.2, -0.15) is 0 Å². The molecule has 1 aliphatic rings. The van der Waals surface area contributed by atoms with Crippen LogP contribution in [0.1, 0.15) is 12.8 Å². The van der Waals surface area contributed by atoms with Crippen molar-refractivity contribution in [2.75, 3.05) is 40.4 Å². The molecule has 2 aromatic rings. The predicted molar refractivity (Wildman–Crippen MR) is 105 cm³/mol. The van der Waals surface area contributed by atoms with Crippen LogP contribution in [0.25, 0.3) is 11.1 Å². The molecule has 0 bridgehead atoms. The summed E-state index contributed by atoms with van der Waals surface area (Å²) in [6.07, 6.45) is 1.76. The van der Waals surface area contributed by atoms with E-state index in [1.807, 2.05) is 26.2 Å². The average molecular weight is 391 g/mol. The summed E-state index contributed by atoms with van der Waals surface area (Å²) in [6.45, 7) is 2.90. The maximum atomic E-state index is 12.8. The molecule has 1 heterocycles. The van der Waals surface area contributed by atoms with Crippen molar-refractivity contribution in [2.45, 2.75) is 22.6 Å². The van der Waals surface area contributed by atoms with Crippen molar-refractivity contribution in [1.82, 2.24) is 10.6 Å². The Hall–Kier alpha value is -2.09. The van der Waals surface area contributed by atoms with Crippen molar-refractivity contribution in [3.63, 3.8) is 0 Å². The number of fused-ring (bicyclic) bond motifs is 3. The first-order valence-corrected chi connectivity index (χ1v) is 10.6. The molecule has 0 aromatic heterocycles. The van der Waals surface area contributed by atoms with E-state index >= 15 is 0 Å². The monoisotopic (exact) mass is 390 g/mol. The van der Waals surface area contributed by atoms with Crippen molar-refractivity contribution in [2.24, 2.45) is 0 Å². The molecule has 0 radical (unpaired) electrons. The minimum Gasteiger partial charge on any atom is -0.494 e. The van der Waals surface area contributed by atoms with E-state index in [2.05, 4.69) is 10.6 Å². The van der Waals surface area contributed by atoms with Gasteiger partial charge >= 0.3 is 0 Å². The van der Waals surface area contributed by atoms with Gasteiger partial charge in [0.25, 0.3) is 0 Å². The number of ether oxygens (including phenoxy) is 2. The van der Waals surface area contributed by atoms with Gasteiger partial charge < -0.3 is 20.1 Å². The third kappa shape index (κ3) is 4.26. The Balaban J connectivity index is 1.84. The van der Waals surface area contributed by atoms with Crippen LogP contribution in [-0.4, -0.2) is 48.8 Å². The van der Waals surface area contributed by atoms with Crippen LogP contribution in [0, 0.1) is 0 Å². The molecule has 0 fully saturated rings. The summed E-state index contributed by atoms with van der Waals surface area (Å²) in [5.74, 6) is 1.35. The summed E-state index contributed by atoms with van der Waals surface area (Å²) in [7, 11) is 0.309. The lowest BCUT2D eigenvalue weighted by Crippen LogP contribution is -2.11. The molecule has 0 saturated carbocycles. The Morgan fingerprint density at radius 1 is 0.778 bits per heavy atom. The quantitative estimate of drug-likeness (QED) is 0.518. The zero-order valence-electron chi connectivity index (χ0n) is 15.7. The van der Waals surface area contributed by atoms with Crippen molar-refractivity contribution < 1.29 is 17.9 Å². The van der Waals surface area contributed by atoms with E-state index in [4.69, 9.17) is 9.47 Å². The fraction of sp³-hybridized carbons (Fsp3) is 0.400. The van der Waals surface area contributed by atoms with Gasteiger partial charge in [-0.15, -0.1) is 0 Å². The summed E-state index contributed by atoms with van der Waals surface area (Å²) >= 11 is 0. The number of nitrogens with one attached hydrogen (secondary N) is 2. The lowest BCUT2D eigenvalue weighted by molar-refractivity contribution is 0.309. The number of sulfone groups is 1. The van der Waals surface area contributed by atoms with Crippen LogP contribution in [0.5, 0.6) is 11.5 Å². The van der Waals surface area contributed by atoms with Crippen molar-refractivity contribution in [3.8, 4) is 22.6 Å². The normalized spacial score (nSPS) is 13.9. The molecular formula is C20H26N2O4S. The summed E-state index contributed by atoms with van der Waals surface area (Å²) in [4.78, 5) is 0.653. The predicted octanol–water partition coefficient (Wildman–Crippen LogP) is 2.48. The molecule has 7 heteroatoms. The van der Waals surface area contributed by atoms with E-state index in [0.29, 0.717) is 45.6 Å². The Labute approximate surface area is 160 Å². The zero-order chi connectivity index (χ0) is 19.3. The average Bonchev–Trinajstić information content (AvgIpc) is 2.89. The van der Waals surface area contributed by atoms with Gasteiger partial charge in [-0.25, -0.2) is 8.42 Å². The Bertz CT molecular complexity index is 829. The van der Waals surface area contributed by atoms with E-state index in [9.17, 15) is 8.42 Å². The molecule has 0 aliphatic carbocycles. The Morgan fingerprint density at radius 3 is 1.63 bits per heavy atom. The van der Waals surface area contributed by atoms with Crippen molar-refractivity contribution in [3.05, 3.63) is 36.4 Å². The summed E-state index contributed by atoms with van der Waals surface area (Å²) in [5, 5.41) is 6.15. The maximum absolute atomic E-state index is 12.8. The van der Waals surface area contributed by atoms with E-state index < -0.39 is 9.84 Å². The molecule has 2 aromatic carbocycles. The number of hydrogen-bond donors (Lipinski definition) is 2. The summed E-state index contributed by atoms with van der Waals surface area (Å²) < 4.78 is 37.1. The van der Waals surface area contributed by atoms with Crippen LogP contribution in [0.2, 0.25) is 0 Å². The molecule has 0 unspecified atom stereocenters. The molecule has 0 amide bonds. The molecule has 0 saturated heterocycles. The standard InChI is InChI=1S/C20H26N2O4S/c1-21-9-3-11-25-15-5-7-19-17(13-15)18-14-16(26-12-4-10-22-2)6-8-20(18)27(19,23)24/h5-8,13-14,21-22H,3-4,9-12H2,1-2H3. The second kappa shape index (κ2) is 8.73. The number of benzene rings is 2. The van der Waals surface area contributed by atoms with Crippen LogP contribution >= 0.6 is 0 Å². The molecule has 146 valence electrons. The first-order valence-electron chi connectivity index (χ1n) is 9.16. The molecule has 27 heavy (non-hydrogen) atoms. The highest BCUT2D eigenvalue weighted by atomic mass is 32.2. The Kier molecular flexibility index (Phi) is 6.36. The van der Waals surface area contributed by atoms with Crippen LogP contribution < -0.4 is 20.1 Å². The van der Waals surface area contributed by atoms with Gasteiger partial charge in [0, 0.05) is 11.1 Å². The van der Waals surface area contributed by atoms with Gasteiger partial charge in [-0.3, -0.25) is 0 Å². The first-order chi connectivity index (χ1) is 13.1. The molecule has 0 spiro atoms. The lowest BCUT2D eigenvalue weighted by atomic mass is 10.1. The van der Waals surface area contributed by atoms with Gasteiger partial charge in [0.15, 0.2) is 0 Å². The van der Waals surface area contributed by atoms with Crippen LogP contribution in [0.3, 0.4) is 0 Å². The fourth-order valence-corrected chi connectivity index (χ4v) is 4.73. The molecule has 6 nitrogen and oxygen atoms in total. The minimum absolute atomic E-state index is 0.326. The highest BCUT2D eigenvalue weighted by molar-refractivity contribution is 7.92. The molecule has 0 atom stereocenters. The van der Waals surface area contributed by atoms with Crippen LogP contribution in [0.15, 0.2) is 46.2 Å². The van der Waals surface area contributed by atoms with Crippen LogP contribution in [0.4, 0.5) is 0 Å². The van der Waals surface area contributed by atoms with E-state index in [1.54, 1.807) is 24.3 Å². The van der Waals surface area contributed by atoms with Gasteiger partial charge in [0.1, 0.15) is 11.5 Å². The fourth-order valence-electron chi connectivity index (χ4n) is 3.08. The molecule has 3 rings (SSSR count). The number of hydrogen-bond acceptors (Lipinski definition) is 6. The molecule has 1 aliphatic heterocycles. The van der Waals surface area contributed by atoms with Gasteiger partial charge in [0.05, 0.1) is 23.0 Å². The highest BCUT2D eigenvalue weighted by Crippen LogP contribution is 2.45. The second-order valence-corrected chi connectivity index (χ2v) is 8.32. The van der Waals surface area contributed by atoms with Gasteiger partial charge in [-0.05, 0) is 76.4 Å².